The Hall–Kier alpha value is -4.83. The predicted octanol–water partition coefficient (Wildman–Crippen LogP) is 2.76. The van der Waals surface area contributed by atoms with Crippen LogP contribution in [0.25, 0.3) is 22.4 Å². The normalized spacial score (nSPS) is 11.1. The zero-order valence-corrected chi connectivity index (χ0v) is 20.1. The lowest BCUT2D eigenvalue weighted by Crippen LogP contribution is -2.41. The van der Waals surface area contributed by atoms with Crippen LogP contribution in [0.2, 0.25) is 0 Å². The van der Waals surface area contributed by atoms with Crippen LogP contribution >= 0.6 is 11.8 Å². The van der Waals surface area contributed by atoms with Crippen LogP contribution in [0.15, 0.2) is 109 Å². The maximum Gasteiger partial charge on any atom is 0.341 e. The molecule has 5 rings (SSSR count). The van der Waals surface area contributed by atoms with E-state index in [4.69, 9.17) is 0 Å². The van der Waals surface area contributed by atoms with Crippen molar-refractivity contribution in [3.63, 3.8) is 0 Å². The van der Waals surface area contributed by atoms with Gasteiger partial charge in [0.15, 0.2) is 0 Å². The van der Waals surface area contributed by atoms with Gasteiger partial charge in [0.1, 0.15) is 5.65 Å². The van der Waals surface area contributed by atoms with Crippen LogP contribution < -0.4 is 21.9 Å². The Morgan fingerprint density at radius 2 is 1.32 bits per heavy atom. The van der Waals surface area contributed by atoms with E-state index in [0.717, 1.165) is 13.7 Å². The molecule has 0 aliphatic carbocycles. The minimum absolute atomic E-state index is 0.0926. The summed E-state index contributed by atoms with van der Waals surface area (Å²) in [6, 6.07) is 22.5. The lowest BCUT2D eigenvalue weighted by molar-refractivity contribution is -0.270. The highest BCUT2D eigenvalue weighted by Crippen LogP contribution is 2.35. The number of benzene rings is 3. The number of hydrogen-bond donors (Lipinski definition) is 1. The first kappa shape index (κ1) is 23.9. The van der Waals surface area contributed by atoms with E-state index in [9.17, 15) is 29.4 Å². The molecule has 0 spiro atoms. The first-order valence-electron chi connectivity index (χ1n) is 11.0. The molecule has 0 saturated heterocycles. The number of aryl methyl sites for hydroxylation is 1. The molecule has 3 aromatic carbocycles. The van der Waals surface area contributed by atoms with Gasteiger partial charge in [0.05, 0.1) is 27.2 Å². The fourth-order valence-electron chi connectivity index (χ4n) is 4.12. The van der Waals surface area contributed by atoms with Crippen LogP contribution in [0.5, 0.6) is 5.75 Å². The molecule has 37 heavy (non-hydrogen) atoms. The first-order chi connectivity index (χ1) is 17.8. The standard InChI is InChI=1S/C27H19N3O6S/c1-28-23-20(21(31)22(25(28)33)37-19-15-9-8-14-18(19)26(34)35)24(32)30(17-12-6-3-7-13-17)27(36)29(23)16-10-4-2-5-11-16/h2-15,31H,1H3,(H,34,35)/p-1. The Balaban J connectivity index is 1.93. The third kappa shape index (κ3) is 3.93. The molecule has 2 heterocycles. The van der Waals surface area contributed by atoms with Gasteiger partial charge in [0.25, 0.3) is 11.1 Å². The van der Waals surface area contributed by atoms with Gasteiger partial charge < -0.3 is 10.2 Å². The number of carboxylic acids is 1. The number of para-hydroxylation sites is 2. The Labute approximate surface area is 213 Å². The fraction of sp³-hybridized carbons (Fsp3) is 0.0370. The van der Waals surface area contributed by atoms with E-state index < -0.39 is 28.5 Å². The molecule has 1 N–H and O–H groups in total. The average molecular weight is 513 g/mol. The summed E-state index contributed by atoms with van der Waals surface area (Å²) in [5.74, 6) is -2.11. The number of aromatic carboxylic acids is 1. The quantitative estimate of drug-likeness (QED) is 0.384. The molecule has 0 aliphatic rings. The van der Waals surface area contributed by atoms with Crippen molar-refractivity contribution in [3.05, 3.63) is 122 Å². The summed E-state index contributed by atoms with van der Waals surface area (Å²) < 4.78 is 3.13. The van der Waals surface area contributed by atoms with Crippen LogP contribution in [0.1, 0.15) is 10.4 Å². The zero-order chi connectivity index (χ0) is 26.3. The number of nitrogens with zero attached hydrogens (tertiary/aromatic N) is 3. The van der Waals surface area contributed by atoms with Crippen molar-refractivity contribution >= 4 is 28.8 Å². The molecular formula is C27H18N3O6S-. The van der Waals surface area contributed by atoms with Gasteiger partial charge in [-0.15, -0.1) is 0 Å². The van der Waals surface area contributed by atoms with Crippen molar-refractivity contribution in [2.75, 3.05) is 0 Å². The summed E-state index contributed by atoms with van der Waals surface area (Å²) in [6.45, 7) is 0. The lowest BCUT2D eigenvalue weighted by atomic mass is 10.2. The molecule has 5 aromatic rings. The minimum atomic E-state index is -1.22. The van der Waals surface area contributed by atoms with Crippen LogP contribution in [0, 0.1) is 0 Å². The van der Waals surface area contributed by atoms with E-state index in [2.05, 4.69) is 0 Å². The minimum Gasteiger partial charge on any atom is -0.871 e. The van der Waals surface area contributed by atoms with Gasteiger partial charge in [0.2, 0.25) is 0 Å². The Bertz CT molecular complexity index is 1860. The van der Waals surface area contributed by atoms with Gasteiger partial charge in [-0.05, 0) is 36.4 Å². The molecule has 0 unspecified atom stereocenters. The predicted molar refractivity (Wildman–Crippen MR) is 137 cm³/mol. The maximum atomic E-state index is 13.8. The van der Waals surface area contributed by atoms with E-state index in [-0.39, 0.29) is 32.1 Å². The van der Waals surface area contributed by atoms with Crippen molar-refractivity contribution in [2.24, 2.45) is 7.05 Å². The van der Waals surface area contributed by atoms with Crippen LogP contribution in [0.3, 0.4) is 0 Å². The van der Waals surface area contributed by atoms with Crippen molar-refractivity contribution in [1.29, 1.82) is 0 Å². The van der Waals surface area contributed by atoms with E-state index in [1.165, 1.54) is 25.2 Å². The summed E-state index contributed by atoms with van der Waals surface area (Å²) in [5, 5.41) is 22.9. The number of pyridine rings is 1. The number of fused-ring (bicyclic) bond motifs is 1. The molecule has 10 heteroatoms. The Kier molecular flexibility index (Phi) is 6.02. The van der Waals surface area contributed by atoms with Gasteiger partial charge in [-0.3, -0.25) is 14.2 Å². The second-order valence-corrected chi connectivity index (χ2v) is 9.11. The lowest BCUT2D eigenvalue weighted by Gasteiger charge is -2.22. The van der Waals surface area contributed by atoms with Gasteiger partial charge >= 0.3 is 11.7 Å². The first-order valence-corrected chi connectivity index (χ1v) is 11.9. The van der Waals surface area contributed by atoms with Crippen LogP contribution in [-0.4, -0.2) is 24.8 Å². The molecule has 0 saturated carbocycles. The number of carbonyl (C=O) groups is 1. The SMILES string of the molecule is Cn1c(=O)c(Sc2ccccc2C(=O)O)c([O-])c2c(=O)n(-c3ccccc3)c(=O)n(-c3ccccc3)c21. The van der Waals surface area contributed by atoms with Crippen LogP contribution in [-0.2, 0) is 7.05 Å². The molecule has 0 atom stereocenters. The summed E-state index contributed by atoms with van der Waals surface area (Å²) in [7, 11) is 1.36. The van der Waals surface area contributed by atoms with Crippen molar-refractivity contribution in [2.45, 2.75) is 9.79 Å². The largest absolute Gasteiger partial charge is 0.871 e. The average Bonchev–Trinajstić information content (AvgIpc) is 2.91. The number of carboxylic acid groups (broad SMARTS) is 1. The number of rotatable bonds is 5. The van der Waals surface area contributed by atoms with Crippen molar-refractivity contribution in [3.8, 4) is 17.1 Å². The molecule has 0 bridgehead atoms. The van der Waals surface area contributed by atoms with Crippen molar-refractivity contribution < 1.29 is 15.0 Å². The Morgan fingerprint density at radius 1 is 0.784 bits per heavy atom. The van der Waals surface area contributed by atoms with Crippen LogP contribution in [0.4, 0.5) is 0 Å². The topological polar surface area (TPSA) is 126 Å². The molecule has 0 aliphatic heterocycles. The second kappa shape index (κ2) is 9.32. The van der Waals surface area contributed by atoms with Gasteiger partial charge in [0, 0.05) is 11.9 Å². The van der Waals surface area contributed by atoms with E-state index in [1.54, 1.807) is 66.7 Å². The monoisotopic (exact) mass is 512 g/mol. The van der Waals surface area contributed by atoms with E-state index >= 15 is 0 Å². The van der Waals surface area contributed by atoms with Gasteiger partial charge in [-0.25, -0.2) is 18.7 Å². The van der Waals surface area contributed by atoms with E-state index in [1.807, 2.05) is 0 Å². The molecule has 0 radical (unpaired) electrons. The van der Waals surface area contributed by atoms with Gasteiger partial charge in [-0.2, -0.15) is 0 Å². The third-order valence-electron chi connectivity index (χ3n) is 5.84. The van der Waals surface area contributed by atoms with Gasteiger partial charge in [-0.1, -0.05) is 66.0 Å². The second-order valence-electron chi connectivity index (χ2n) is 8.05. The third-order valence-corrected chi connectivity index (χ3v) is 6.98. The maximum absolute atomic E-state index is 13.8. The highest BCUT2D eigenvalue weighted by Gasteiger charge is 2.23. The molecule has 184 valence electrons. The van der Waals surface area contributed by atoms with E-state index in [0.29, 0.717) is 17.4 Å². The fourth-order valence-corrected chi connectivity index (χ4v) is 5.17. The molecule has 2 aromatic heterocycles. The number of aromatic nitrogens is 3. The zero-order valence-electron chi connectivity index (χ0n) is 19.3. The summed E-state index contributed by atoms with van der Waals surface area (Å²) in [4.78, 5) is 52.4. The molecule has 0 amide bonds. The smallest absolute Gasteiger partial charge is 0.341 e. The highest BCUT2D eigenvalue weighted by atomic mass is 32.2. The number of hydrogen-bond acceptors (Lipinski definition) is 6. The summed E-state index contributed by atoms with van der Waals surface area (Å²) in [5.41, 5.74) is -2.03. The highest BCUT2D eigenvalue weighted by molar-refractivity contribution is 7.99. The molecular weight excluding hydrogens is 494 g/mol. The Morgan fingerprint density at radius 3 is 1.92 bits per heavy atom. The summed E-state index contributed by atoms with van der Waals surface area (Å²) in [6.07, 6.45) is 0. The van der Waals surface area contributed by atoms with Crippen molar-refractivity contribution in [1.82, 2.24) is 13.7 Å². The molecule has 0 fully saturated rings. The molecule has 9 nitrogen and oxygen atoms in total. The summed E-state index contributed by atoms with van der Waals surface area (Å²) >= 11 is 0.679.